The van der Waals surface area contributed by atoms with E-state index in [2.05, 4.69) is 0 Å². The number of ketones is 1. The van der Waals surface area contributed by atoms with Crippen LogP contribution in [0, 0.1) is 11.2 Å². The van der Waals surface area contributed by atoms with Crippen LogP contribution in [0.2, 0.25) is 5.02 Å². The van der Waals surface area contributed by atoms with Crippen LogP contribution in [0.3, 0.4) is 0 Å². The maximum absolute atomic E-state index is 13.3. The molecule has 1 saturated carbocycles. The first-order chi connectivity index (χ1) is 9.09. The summed E-state index contributed by atoms with van der Waals surface area (Å²) in [5.41, 5.74) is 5.59. The van der Waals surface area contributed by atoms with Gasteiger partial charge in [0.05, 0.1) is 5.02 Å². The number of Topliss-reactive ketones (excluding diaryl/α,β-unsaturated/α-hetero) is 1. The monoisotopic (exact) mass is 283 g/mol. The van der Waals surface area contributed by atoms with E-state index < -0.39 is 11.2 Å². The van der Waals surface area contributed by atoms with Gasteiger partial charge in [-0.25, -0.2) is 4.39 Å². The summed E-state index contributed by atoms with van der Waals surface area (Å²) in [6, 6.07) is 3.93. The highest BCUT2D eigenvalue weighted by atomic mass is 35.5. The second-order valence-electron chi connectivity index (χ2n) is 5.35. The molecule has 0 bridgehead atoms. The summed E-state index contributed by atoms with van der Waals surface area (Å²) in [5, 5.41) is 0.309. The fourth-order valence-corrected chi connectivity index (χ4v) is 3.09. The molecule has 0 atom stereocenters. The van der Waals surface area contributed by atoms with Crippen molar-refractivity contribution in [2.45, 2.75) is 38.5 Å². The van der Waals surface area contributed by atoms with Crippen LogP contribution in [0.25, 0.3) is 0 Å². The molecule has 1 aliphatic rings. The first kappa shape index (κ1) is 14.5. The van der Waals surface area contributed by atoms with E-state index in [1.54, 1.807) is 0 Å². The van der Waals surface area contributed by atoms with Gasteiger partial charge in [-0.1, -0.05) is 37.3 Å². The van der Waals surface area contributed by atoms with Crippen molar-refractivity contribution in [2.24, 2.45) is 11.1 Å². The number of hydrogen-bond donors (Lipinski definition) is 1. The zero-order valence-electron chi connectivity index (χ0n) is 10.9. The molecule has 0 unspecified atom stereocenters. The molecule has 0 amide bonds. The lowest BCUT2D eigenvalue weighted by molar-refractivity contribution is 0.0774. The Labute approximate surface area is 118 Å². The molecule has 1 fully saturated rings. The fraction of sp³-hybridized carbons (Fsp3) is 0.533. The normalized spacial score (nSPS) is 18.9. The van der Waals surface area contributed by atoms with Gasteiger partial charge in [-0.3, -0.25) is 4.79 Å². The average Bonchev–Trinajstić information content (AvgIpc) is 2.67. The number of carbonyl (C=O) groups excluding carboxylic acids is 1. The lowest BCUT2D eigenvalue weighted by Gasteiger charge is -2.30. The fourth-order valence-electron chi connectivity index (χ4n) is 2.89. The number of carbonyl (C=O) groups is 1. The Balaban J connectivity index is 2.36. The largest absolute Gasteiger partial charge is 0.329 e. The number of nitrogens with two attached hydrogens (primary N) is 1. The van der Waals surface area contributed by atoms with Crippen LogP contribution in [0.15, 0.2) is 18.2 Å². The van der Waals surface area contributed by atoms with Gasteiger partial charge in [-0.05, 0) is 31.0 Å². The van der Waals surface area contributed by atoms with Gasteiger partial charge < -0.3 is 5.73 Å². The molecular formula is C15H19ClFNO. The lowest BCUT2D eigenvalue weighted by Crippen LogP contribution is -2.38. The van der Waals surface area contributed by atoms with Gasteiger partial charge in [-0.2, -0.15) is 0 Å². The average molecular weight is 284 g/mol. The molecule has 2 nitrogen and oxygen atoms in total. The summed E-state index contributed by atoms with van der Waals surface area (Å²) >= 11 is 6.04. The SMILES string of the molecule is NCC1(C(=O)c2cc(F)ccc2Cl)CCCCCC1. The molecule has 0 spiro atoms. The molecule has 0 aliphatic heterocycles. The zero-order valence-corrected chi connectivity index (χ0v) is 11.7. The van der Waals surface area contributed by atoms with Crippen LogP contribution in [0.4, 0.5) is 4.39 Å². The Bertz CT molecular complexity index is 467. The molecule has 0 aromatic heterocycles. The van der Waals surface area contributed by atoms with Crippen molar-refractivity contribution in [3.63, 3.8) is 0 Å². The molecule has 19 heavy (non-hydrogen) atoms. The van der Waals surface area contributed by atoms with Gasteiger partial charge in [0, 0.05) is 17.5 Å². The van der Waals surface area contributed by atoms with Crippen molar-refractivity contribution in [3.05, 3.63) is 34.6 Å². The summed E-state index contributed by atoms with van der Waals surface area (Å²) in [5.74, 6) is -0.532. The van der Waals surface area contributed by atoms with E-state index in [1.807, 2.05) is 0 Å². The lowest BCUT2D eigenvalue weighted by atomic mass is 9.74. The summed E-state index contributed by atoms with van der Waals surface area (Å²) < 4.78 is 13.3. The summed E-state index contributed by atoms with van der Waals surface area (Å²) in [6.45, 7) is 0.304. The summed E-state index contributed by atoms with van der Waals surface area (Å²) in [6.07, 6.45) is 5.80. The molecule has 104 valence electrons. The van der Waals surface area contributed by atoms with Crippen molar-refractivity contribution in [2.75, 3.05) is 6.54 Å². The predicted molar refractivity (Wildman–Crippen MR) is 74.9 cm³/mol. The highest BCUT2D eigenvalue weighted by Gasteiger charge is 2.38. The van der Waals surface area contributed by atoms with Crippen LogP contribution in [0.5, 0.6) is 0 Å². The van der Waals surface area contributed by atoms with Gasteiger partial charge >= 0.3 is 0 Å². The van der Waals surface area contributed by atoms with Crippen LogP contribution in [-0.4, -0.2) is 12.3 Å². The van der Waals surface area contributed by atoms with E-state index in [0.717, 1.165) is 38.5 Å². The molecule has 0 heterocycles. The molecule has 1 aromatic carbocycles. The van der Waals surface area contributed by atoms with Crippen LogP contribution in [-0.2, 0) is 0 Å². The Kier molecular flexibility index (Phi) is 4.58. The molecule has 0 radical (unpaired) electrons. The molecule has 4 heteroatoms. The summed E-state index contributed by atoms with van der Waals surface area (Å²) in [7, 11) is 0. The first-order valence-electron chi connectivity index (χ1n) is 6.79. The minimum absolute atomic E-state index is 0.0959. The Morgan fingerprint density at radius 3 is 2.47 bits per heavy atom. The quantitative estimate of drug-likeness (QED) is 0.674. The second-order valence-corrected chi connectivity index (χ2v) is 5.76. The molecular weight excluding hydrogens is 265 g/mol. The maximum atomic E-state index is 13.3. The van der Waals surface area contributed by atoms with Crippen molar-refractivity contribution in [1.29, 1.82) is 0 Å². The van der Waals surface area contributed by atoms with E-state index >= 15 is 0 Å². The zero-order chi connectivity index (χ0) is 13.9. The number of benzene rings is 1. The highest BCUT2D eigenvalue weighted by molar-refractivity contribution is 6.34. The van der Waals surface area contributed by atoms with Gasteiger partial charge in [0.1, 0.15) is 5.82 Å². The van der Waals surface area contributed by atoms with Crippen LogP contribution >= 0.6 is 11.6 Å². The van der Waals surface area contributed by atoms with Gasteiger partial charge in [-0.15, -0.1) is 0 Å². The Hall–Kier alpha value is -0.930. The van der Waals surface area contributed by atoms with Crippen molar-refractivity contribution in [1.82, 2.24) is 0 Å². The van der Waals surface area contributed by atoms with Crippen molar-refractivity contribution < 1.29 is 9.18 Å². The van der Waals surface area contributed by atoms with Gasteiger partial charge in [0.25, 0.3) is 0 Å². The molecule has 1 aliphatic carbocycles. The molecule has 1 aromatic rings. The van der Waals surface area contributed by atoms with Crippen LogP contribution in [0.1, 0.15) is 48.9 Å². The van der Waals surface area contributed by atoms with E-state index in [4.69, 9.17) is 17.3 Å². The first-order valence-corrected chi connectivity index (χ1v) is 7.17. The second kappa shape index (κ2) is 6.02. The van der Waals surface area contributed by atoms with Gasteiger partial charge in [0.2, 0.25) is 0 Å². The molecule has 2 N–H and O–H groups in total. The molecule has 2 rings (SSSR count). The van der Waals surface area contributed by atoms with Gasteiger partial charge in [0.15, 0.2) is 5.78 Å². The third kappa shape index (κ3) is 2.98. The van der Waals surface area contributed by atoms with Crippen molar-refractivity contribution in [3.8, 4) is 0 Å². The standard InChI is InChI=1S/C15H19ClFNO/c16-13-6-5-11(17)9-12(13)14(19)15(10-18)7-3-1-2-4-8-15/h5-6,9H,1-4,7-8,10,18H2. The van der Waals surface area contributed by atoms with E-state index in [1.165, 1.54) is 18.2 Å². The minimum atomic E-state index is -0.562. The van der Waals surface area contributed by atoms with Crippen LogP contribution < -0.4 is 5.73 Å². The van der Waals surface area contributed by atoms with Crippen molar-refractivity contribution >= 4 is 17.4 Å². The topological polar surface area (TPSA) is 43.1 Å². The van der Waals surface area contributed by atoms with E-state index in [-0.39, 0.29) is 11.3 Å². The molecule has 0 saturated heterocycles. The maximum Gasteiger partial charge on any atom is 0.171 e. The number of hydrogen-bond acceptors (Lipinski definition) is 2. The minimum Gasteiger partial charge on any atom is -0.329 e. The summed E-state index contributed by atoms with van der Waals surface area (Å²) in [4.78, 5) is 12.7. The number of rotatable bonds is 3. The van der Waals surface area contributed by atoms with E-state index in [0.29, 0.717) is 11.6 Å². The number of halogens is 2. The Morgan fingerprint density at radius 1 is 1.26 bits per heavy atom. The third-order valence-electron chi connectivity index (χ3n) is 4.11. The highest BCUT2D eigenvalue weighted by Crippen LogP contribution is 2.38. The Morgan fingerprint density at radius 2 is 1.89 bits per heavy atom. The third-order valence-corrected chi connectivity index (χ3v) is 4.44. The smallest absolute Gasteiger partial charge is 0.171 e. The predicted octanol–water partition coefficient (Wildman–Crippen LogP) is 3.96. The van der Waals surface area contributed by atoms with E-state index in [9.17, 15) is 9.18 Å².